The van der Waals surface area contributed by atoms with Gasteiger partial charge in [-0.1, -0.05) is 117 Å². The summed E-state index contributed by atoms with van der Waals surface area (Å²) in [6.07, 6.45) is 24.8. The fraction of sp³-hybridized carbons (Fsp3) is 1.00. The van der Waals surface area contributed by atoms with Crippen LogP contribution in [0, 0.1) is 0 Å². The highest BCUT2D eigenvalue weighted by Gasteiger charge is 2.06. The third-order valence-electron chi connectivity index (χ3n) is 5.40. The molecule has 0 heterocycles. The Morgan fingerprint density at radius 3 is 0.893 bits per heavy atom. The van der Waals surface area contributed by atoms with E-state index in [0.29, 0.717) is 0 Å². The van der Waals surface area contributed by atoms with E-state index in [0.717, 1.165) is 19.6 Å². The molecule has 28 heavy (non-hydrogen) atoms. The average molecular weight is 416 g/mol. The van der Waals surface area contributed by atoms with E-state index in [1.54, 1.807) is 0 Å². The molecule has 0 unspecified atom stereocenters. The van der Waals surface area contributed by atoms with Crippen LogP contribution >= 0.6 is 8.37 Å². The Bertz CT molecular complexity index is 234. The molecule has 0 rings (SSSR count). The zero-order chi connectivity index (χ0) is 20.5. The van der Waals surface area contributed by atoms with Crippen LogP contribution in [0.25, 0.3) is 0 Å². The van der Waals surface area contributed by atoms with Gasteiger partial charge < -0.3 is 0 Å². The SMILES string of the molecule is CCCCCCCCNP(NCCCCCCCC)NCCCCCCCC. The van der Waals surface area contributed by atoms with Crippen LogP contribution < -0.4 is 15.3 Å². The third-order valence-corrected chi connectivity index (χ3v) is 7.02. The Morgan fingerprint density at radius 1 is 0.357 bits per heavy atom. The molecule has 0 aliphatic rings. The molecule has 3 N–H and O–H groups in total. The first-order valence-electron chi connectivity index (χ1n) is 12.9. The van der Waals surface area contributed by atoms with Crippen LogP contribution in [0.1, 0.15) is 136 Å². The van der Waals surface area contributed by atoms with Gasteiger partial charge in [-0.15, -0.1) is 0 Å². The minimum absolute atomic E-state index is 0.393. The van der Waals surface area contributed by atoms with Crippen molar-refractivity contribution in [3.63, 3.8) is 0 Å². The summed E-state index contributed by atoms with van der Waals surface area (Å²) in [6, 6.07) is 0. The van der Waals surface area contributed by atoms with E-state index in [1.165, 1.54) is 116 Å². The van der Waals surface area contributed by atoms with Crippen LogP contribution in [0.4, 0.5) is 0 Å². The molecule has 3 nitrogen and oxygen atoms in total. The lowest BCUT2D eigenvalue weighted by molar-refractivity contribution is 0.592. The van der Waals surface area contributed by atoms with Gasteiger partial charge in [0.25, 0.3) is 0 Å². The van der Waals surface area contributed by atoms with Crippen LogP contribution in [0.2, 0.25) is 0 Å². The molecular weight excluding hydrogens is 361 g/mol. The van der Waals surface area contributed by atoms with Gasteiger partial charge in [-0.05, 0) is 19.3 Å². The molecule has 0 bridgehead atoms. The molecular formula is C24H54N3P. The Balaban J connectivity index is 3.80. The van der Waals surface area contributed by atoms with Crippen molar-refractivity contribution in [1.29, 1.82) is 0 Å². The predicted octanol–water partition coefficient (Wildman–Crippen LogP) is 8.06. The molecule has 0 spiro atoms. The van der Waals surface area contributed by atoms with Crippen molar-refractivity contribution >= 4 is 8.37 Å². The minimum atomic E-state index is -0.393. The van der Waals surface area contributed by atoms with Gasteiger partial charge in [0.1, 0.15) is 8.37 Å². The summed E-state index contributed by atoms with van der Waals surface area (Å²) in [4.78, 5) is 0. The topological polar surface area (TPSA) is 36.1 Å². The van der Waals surface area contributed by atoms with E-state index in [2.05, 4.69) is 36.0 Å². The number of nitrogens with one attached hydrogen (secondary N) is 3. The second-order valence-electron chi connectivity index (χ2n) is 8.36. The van der Waals surface area contributed by atoms with Crippen molar-refractivity contribution in [2.24, 2.45) is 0 Å². The highest BCUT2D eigenvalue weighted by molar-refractivity contribution is 7.51. The molecule has 0 amide bonds. The van der Waals surface area contributed by atoms with Gasteiger partial charge >= 0.3 is 0 Å². The van der Waals surface area contributed by atoms with E-state index in [4.69, 9.17) is 0 Å². The van der Waals surface area contributed by atoms with E-state index in [9.17, 15) is 0 Å². The number of unbranched alkanes of at least 4 members (excludes halogenated alkanes) is 15. The lowest BCUT2D eigenvalue weighted by Crippen LogP contribution is -2.29. The quantitative estimate of drug-likeness (QED) is 0.110. The molecule has 0 atom stereocenters. The van der Waals surface area contributed by atoms with Gasteiger partial charge in [0, 0.05) is 19.6 Å². The lowest BCUT2D eigenvalue weighted by atomic mass is 10.1. The summed E-state index contributed by atoms with van der Waals surface area (Å²) in [7, 11) is -0.393. The molecule has 0 saturated carbocycles. The smallest absolute Gasteiger partial charge is 0.111 e. The summed E-state index contributed by atoms with van der Waals surface area (Å²) < 4.78 is 0. The molecule has 0 aliphatic heterocycles. The maximum atomic E-state index is 3.78. The molecule has 0 aromatic carbocycles. The second-order valence-corrected chi connectivity index (χ2v) is 9.98. The Morgan fingerprint density at radius 2 is 0.607 bits per heavy atom. The molecule has 4 heteroatoms. The van der Waals surface area contributed by atoms with Gasteiger partial charge in [-0.2, -0.15) is 0 Å². The van der Waals surface area contributed by atoms with Gasteiger partial charge in [-0.3, -0.25) is 15.3 Å². The van der Waals surface area contributed by atoms with Crippen molar-refractivity contribution in [2.45, 2.75) is 136 Å². The van der Waals surface area contributed by atoms with E-state index in [-0.39, 0.29) is 0 Å². The van der Waals surface area contributed by atoms with Crippen LogP contribution in [0.15, 0.2) is 0 Å². The fourth-order valence-electron chi connectivity index (χ4n) is 3.46. The molecule has 0 fully saturated rings. The highest BCUT2D eigenvalue weighted by Crippen LogP contribution is 2.20. The van der Waals surface area contributed by atoms with E-state index in [1.807, 2.05) is 0 Å². The van der Waals surface area contributed by atoms with E-state index < -0.39 is 8.37 Å². The second kappa shape index (κ2) is 25.3. The number of hydrogen-bond acceptors (Lipinski definition) is 3. The minimum Gasteiger partial charge on any atom is -0.271 e. The van der Waals surface area contributed by atoms with Gasteiger partial charge in [-0.25, -0.2) is 0 Å². The van der Waals surface area contributed by atoms with Crippen molar-refractivity contribution in [3.8, 4) is 0 Å². The van der Waals surface area contributed by atoms with Crippen molar-refractivity contribution in [3.05, 3.63) is 0 Å². The molecule has 0 aliphatic carbocycles. The Labute approximate surface area is 179 Å². The van der Waals surface area contributed by atoms with Crippen LogP contribution in [-0.2, 0) is 0 Å². The zero-order valence-electron chi connectivity index (χ0n) is 19.8. The van der Waals surface area contributed by atoms with Crippen LogP contribution in [0.5, 0.6) is 0 Å². The first kappa shape index (κ1) is 28.3. The molecule has 0 radical (unpaired) electrons. The summed E-state index contributed by atoms with van der Waals surface area (Å²) >= 11 is 0. The largest absolute Gasteiger partial charge is 0.271 e. The van der Waals surface area contributed by atoms with Gasteiger partial charge in [0.2, 0.25) is 0 Å². The summed E-state index contributed by atoms with van der Waals surface area (Å²) in [5.41, 5.74) is 0. The molecule has 170 valence electrons. The molecule has 0 aromatic rings. The number of rotatable bonds is 24. The monoisotopic (exact) mass is 415 g/mol. The van der Waals surface area contributed by atoms with Crippen molar-refractivity contribution in [2.75, 3.05) is 19.6 Å². The average Bonchev–Trinajstić information content (AvgIpc) is 2.71. The van der Waals surface area contributed by atoms with Gasteiger partial charge in [0.15, 0.2) is 0 Å². The summed E-state index contributed by atoms with van der Waals surface area (Å²) in [6.45, 7) is 10.3. The maximum Gasteiger partial charge on any atom is 0.111 e. The third kappa shape index (κ3) is 22.6. The first-order valence-corrected chi connectivity index (χ1v) is 14.2. The Kier molecular flexibility index (Phi) is 25.6. The van der Waals surface area contributed by atoms with Crippen molar-refractivity contribution in [1.82, 2.24) is 15.3 Å². The van der Waals surface area contributed by atoms with Crippen LogP contribution in [0.3, 0.4) is 0 Å². The lowest BCUT2D eigenvalue weighted by Gasteiger charge is -2.21. The maximum absolute atomic E-state index is 3.78. The highest BCUT2D eigenvalue weighted by atomic mass is 31.1. The van der Waals surface area contributed by atoms with Gasteiger partial charge in [0.05, 0.1) is 0 Å². The molecule has 0 aromatic heterocycles. The van der Waals surface area contributed by atoms with E-state index >= 15 is 0 Å². The predicted molar refractivity (Wildman–Crippen MR) is 131 cm³/mol. The standard InChI is InChI=1S/C24H54N3P/c1-4-7-10-13-16-19-22-25-28(26-23-20-17-14-11-8-5-2)27-24-21-18-15-12-9-6-3/h25-27H,4-24H2,1-3H3. The van der Waals surface area contributed by atoms with Crippen LogP contribution in [-0.4, -0.2) is 19.6 Å². The zero-order valence-corrected chi connectivity index (χ0v) is 20.7. The summed E-state index contributed by atoms with van der Waals surface area (Å²) in [5, 5.41) is 11.3. The number of hydrogen-bond donors (Lipinski definition) is 3. The molecule has 0 saturated heterocycles. The normalized spacial score (nSPS) is 11.6. The fourth-order valence-corrected chi connectivity index (χ4v) is 4.94. The summed E-state index contributed by atoms with van der Waals surface area (Å²) in [5.74, 6) is 0. The first-order chi connectivity index (χ1) is 13.8. The van der Waals surface area contributed by atoms with Crippen molar-refractivity contribution < 1.29 is 0 Å². The Hall–Kier alpha value is 0.310.